The van der Waals surface area contributed by atoms with Crippen LogP contribution >= 0.6 is 34.8 Å². The highest BCUT2D eigenvalue weighted by Gasteiger charge is 2.11. The Morgan fingerprint density at radius 3 is 2.05 bits per heavy atom. The molecule has 0 unspecified atom stereocenters. The van der Waals surface area contributed by atoms with Crippen molar-refractivity contribution in [3.63, 3.8) is 0 Å². The van der Waals surface area contributed by atoms with Crippen LogP contribution in [0.1, 0.15) is 22.9 Å². The summed E-state index contributed by atoms with van der Waals surface area (Å²) in [6.07, 6.45) is 3.53. The smallest absolute Gasteiger partial charge is 0.157 e. The molecular formula is C17H13Cl3O. The minimum absolute atomic E-state index is 0.0279. The first-order valence-electron chi connectivity index (χ1n) is 6.40. The Hall–Kier alpha value is -1.28. The van der Waals surface area contributed by atoms with Gasteiger partial charge in [-0.1, -0.05) is 53.5 Å². The van der Waals surface area contributed by atoms with Crippen molar-refractivity contribution in [2.24, 2.45) is 0 Å². The number of hydrogen-bond acceptors (Lipinski definition) is 1. The number of hydrogen-bond donors (Lipinski definition) is 0. The molecule has 0 saturated heterocycles. The van der Waals surface area contributed by atoms with Crippen molar-refractivity contribution in [1.29, 1.82) is 0 Å². The Bertz CT molecular complexity index is 630. The van der Waals surface area contributed by atoms with E-state index in [0.717, 1.165) is 11.1 Å². The van der Waals surface area contributed by atoms with E-state index in [9.17, 15) is 4.79 Å². The Balaban J connectivity index is 1.94. The molecule has 0 bridgehead atoms. The van der Waals surface area contributed by atoms with E-state index in [1.165, 1.54) is 6.08 Å². The maximum Gasteiger partial charge on any atom is 0.157 e. The van der Waals surface area contributed by atoms with Crippen LogP contribution in [0.4, 0.5) is 0 Å². The predicted molar refractivity (Wildman–Crippen MR) is 90.2 cm³/mol. The van der Waals surface area contributed by atoms with Crippen molar-refractivity contribution in [3.8, 4) is 0 Å². The van der Waals surface area contributed by atoms with Gasteiger partial charge in [-0.3, -0.25) is 4.79 Å². The molecule has 0 aliphatic heterocycles. The van der Waals surface area contributed by atoms with Gasteiger partial charge >= 0.3 is 0 Å². The lowest BCUT2D eigenvalue weighted by Gasteiger charge is -2.07. The number of halogens is 3. The number of carbonyl (C=O) groups excluding carboxylic acids is 1. The van der Waals surface area contributed by atoms with Crippen LogP contribution in [0.5, 0.6) is 0 Å². The largest absolute Gasteiger partial charge is 0.295 e. The first kappa shape index (κ1) is 16.1. The van der Waals surface area contributed by atoms with Gasteiger partial charge in [-0.2, -0.15) is 0 Å². The lowest BCUT2D eigenvalue weighted by atomic mass is 10.1. The number of rotatable bonds is 5. The van der Waals surface area contributed by atoms with E-state index in [4.69, 9.17) is 34.8 Å². The van der Waals surface area contributed by atoms with Gasteiger partial charge in [-0.05, 0) is 41.5 Å². The van der Waals surface area contributed by atoms with Gasteiger partial charge in [-0.25, -0.2) is 0 Å². The molecule has 4 heteroatoms. The van der Waals surface area contributed by atoms with Crippen LogP contribution in [0.15, 0.2) is 54.6 Å². The SMILES string of the molecule is O=C(/C=C/c1ccc(Cl)cc1)C[C@H](Cl)c1ccc(Cl)cc1. The summed E-state index contributed by atoms with van der Waals surface area (Å²) in [5.41, 5.74) is 1.81. The second kappa shape index (κ2) is 7.65. The Morgan fingerprint density at radius 2 is 1.48 bits per heavy atom. The molecule has 1 nitrogen and oxygen atoms in total. The monoisotopic (exact) mass is 338 g/mol. The lowest BCUT2D eigenvalue weighted by Crippen LogP contribution is -1.99. The van der Waals surface area contributed by atoms with Crippen molar-refractivity contribution in [2.75, 3.05) is 0 Å². The Morgan fingerprint density at radius 1 is 0.952 bits per heavy atom. The van der Waals surface area contributed by atoms with Gasteiger partial charge in [0.1, 0.15) is 0 Å². The summed E-state index contributed by atoms with van der Waals surface area (Å²) < 4.78 is 0. The molecule has 2 rings (SSSR count). The first-order valence-corrected chi connectivity index (χ1v) is 7.60. The minimum Gasteiger partial charge on any atom is -0.295 e. The Labute approximate surface area is 139 Å². The van der Waals surface area contributed by atoms with Gasteiger partial charge in [0.05, 0.1) is 5.38 Å². The van der Waals surface area contributed by atoms with E-state index in [1.807, 2.05) is 24.3 Å². The first-order chi connectivity index (χ1) is 10.0. The average Bonchev–Trinajstić information content (AvgIpc) is 2.47. The summed E-state index contributed by atoms with van der Waals surface area (Å²) in [5.74, 6) is -0.0279. The number of alkyl halides is 1. The molecule has 2 aromatic carbocycles. The number of ketones is 1. The zero-order valence-electron chi connectivity index (χ0n) is 11.1. The fourth-order valence-electron chi connectivity index (χ4n) is 1.80. The summed E-state index contributed by atoms with van der Waals surface area (Å²) in [5, 5.41) is 0.961. The van der Waals surface area contributed by atoms with E-state index in [2.05, 4.69) is 0 Å². The number of allylic oxidation sites excluding steroid dienone is 1. The van der Waals surface area contributed by atoms with Crippen LogP contribution in [0, 0.1) is 0 Å². The zero-order chi connectivity index (χ0) is 15.2. The zero-order valence-corrected chi connectivity index (χ0v) is 13.4. The normalized spacial score (nSPS) is 12.5. The van der Waals surface area contributed by atoms with Crippen molar-refractivity contribution >= 4 is 46.7 Å². The minimum atomic E-state index is -0.357. The fraction of sp³-hybridized carbons (Fsp3) is 0.118. The van der Waals surface area contributed by atoms with Gasteiger partial charge in [-0.15, -0.1) is 11.6 Å². The molecule has 0 spiro atoms. The molecule has 0 radical (unpaired) electrons. The van der Waals surface area contributed by atoms with Crippen LogP contribution in [-0.4, -0.2) is 5.78 Å². The molecule has 0 aromatic heterocycles. The summed E-state index contributed by atoms with van der Waals surface area (Å²) in [6, 6.07) is 14.5. The third kappa shape index (κ3) is 5.20. The van der Waals surface area contributed by atoms with Gasteiger partial charge in [0.2, 0.25) is 0 Å². The molecule has 0 heterocycles. The molecular weight excluding hydrogens is 327 g/mol. The van der Waals surface area contributed by atoms with E-state index >= 15 is 0 Å². The molecule has 0 aliphatic rings. The molecule has 0 aliphatic carbocycles. The lowest BCUT2D eigenvalue weighted by molar-refractivity contribution is -0.114. The summed E-state index contributed by atoms with van der Waals surface area (Å²) in [6.45, 7) is 0. The predicted octanol–water partition coefficient (Wildman–Crippen LogP) is 5.95. The number of carbonyl (C=O) groups is 1. The molecule has 2 aromatic rings. The number of benzene rings is 2. The standard InChI is InChI=1S/C17H13Cl3O/c18-14-6-1-12(2-7-14)3-10-16(21)11-17(20)13-4-8-15(19)9-5-13/h1-10,17H,11H2/b10-3+/t17-/m0/s1. The molecule has 0 saturated carbocycles. The van der Waals surface area contributed by atoms with Gasteiger partial charge in [0.15, 0.2) is 5.78 Å². The van der Waals surface area contributed by atoms with Gasteiger partial charge < -0.3 is 0 Å². The topological polar surface area (TPSA) is 17.1 Å². The van der Waals surface area contributed by atoms with E-state index < -0.39 is 0 Å². The summed E-state index contributed by atoms with van der Waals surface area (Å²) in [4.78, 5) is 11.9. The van der Waals surface area contributed by atoms with E-state index in [-0.39, 0.29) is 17.6 Å². The second-order valence-electron chi connectivity index (χ2n) is 4.57. The molecule has 0 fully saturated rings. The third-order valence-electron chi connectivity index (χ3n) is 2.94. The van der Waals surface area contributed by atoms with Crippen LogP contribution in [0.25, 0.3) is 6.08 Å². The maximum absolute atomic E-state index is 11.9. The van der Waals surface area contributed by atoms with E-state index in [0.29, 0.717) is 10.0 Å². The van der Waals surface area contributed by atoms with Gasteiger partial charge in [0, 0.05) is 16.5 Å². The maximum atomic E-state index is 11.9. The quantitative estimate of drug-likeness (QED) is 0.486. The van der Waals surface area contributed by atoms with Crippen LogP contribution in [0.2, 0.25) is 10.0 Å². The average molecular weight is 340 g/mol. The third-order valence-corrected chi connectivity index (χ3v) is 3.85. The summed E-state index contributed by atoms with van der Waals surface area (Å²) in [7, 11) is 0. The molecule has 21 heavy (non-hydrogen) atoms. The van der Waals surface area contributed by atoms with Crippen molar-refractivity contribution in [2.45, 2.75) is 11.8 Å². The van der Waals surface area contributed by atoms with Crippen LogP contribution in [-0.2, 0) is 4.79 Å². The Kier molecular flexibility index (Phi) is 5.86. The highest BCUT2D eigenvalue weighted by Crippen LogP contribution is 2.26. The summed E-state index contributed by atoms with van der Waals surface area (Å²) >= 11 is 17.9. The van der Waals surface area contributed by atoms with E-state index in [1.54, 1.807) is 30.3 Å². The molecule has 0 amide bonds. The fourth-order valence-corrected chi connectivity index (χ4v) is 2.35. The van der Waals surface area contributed by atoms with Crippen LogP contribution in [0.3, 0.4) is 0 Å². The van der Waals surface area contributed by atoms with Crippen molar-refractivity contribution < 1.29 is 4.79 Å². The molecule has 108 valence electrons. The van der Waals surface area contributed by atoms with Gasteiger partial charge in [0.25, 0.3) is 0 Å². The highest BCUT2D eigenvalue weighted by molar-refractivity contribution is 6.31. The molecule has 1 atom stereocenters. The van der Waals surface area contributed by atoms with Crippen molar-refractivity contribution in [1.82, 2.24) is 0 Å². The van der Waals surface area contributed by atoms with Crippen LogP contribution < -0.4 is 0 Å². The highest BCUT2D eigenvalue weighted by atomic mass is 35.5. The second-order valence-corrected chi connectivity index (χ2v) is 5.97. The molecule has 0 N–H and O–H groups in total. The van der Waals surface area contributed by atoms with Crippen molar-refractivity contribution in [3.05, 3.63) is 75.8 Å².